The van der Waals surface area contributed by atoms with E-state index in [1.54, 1.807) is 14.2 Å². The molecule has 1 saturated heterocycles. The minimum atomic E-state index is 0.247. The highest BCUT2D eigenvalue weighted by atomic mass is 79.9. The van der Waals surface area contributed by atoms with Crippen molar-refractivity contribution in [1.82, 2.24) is 4.90 Å². The number of hydrogen-bond donors (Lipinski definition) is 0. The molecule has 4 nitrogen and oxygen atoms in total. The van der Waals surface area contributed by atoms with E-state index in [-0.39, 0.29) is 5.91 Å². The lowest BCUT2D eigenvalue weighted by atomic mass is 9.90. The molecular formula is C21H24BrNO3. The molecular weight excluding hydrogens is 394 g/mol. The van der Waals surface area contributed by atoms with Crippen LogP contribution in [0.2, 0.25) is 0 Å². The van der Waals surface area contributed by atoms with E-state index in [0.29, 0.717) is 24.6 Å². The average Bonchev–Trinajstić information content (AvgIpc) is 2.66. The summed E-state index contributed by atoms with van der Waals surface area (Å²) in [4.78, 5) is 14.3. The number of methoxy groups -OCH3 is 2. The smallest absolute Gasteiger partial charge is 0.222 e. The summed E-state index contributed by atoms with van der Waals surface area (Å²) in [6, 6.07) is 14.2. The summed E-state index contributed by atoms with van der Waals surface area (Å²) in [5.41, 5.74) is 2.36. The van der Waals surface area contributed by atoms with Crippen LogP contribution in [0, 0.1) is 5.92 Å². The van der Waals surface area contributed by atoms with Crippen LogP contribution in [-0.2, 0) is 17.8 Å². The van der Waals surface area contributed by atoms with E-state index in [1.807, 2.05) is 35.2 Å². The Labute approximate surface area is 163 Å². The molecule has 1 atom stereocenters. The van der Waals surface area contributed by atoms with Gasteiger partial charge >= 0.3 is 0 Å². The van der Waals surface area contributed by atoms with Crippen molar-refractivity contribution in [3.63, 3.8) is 0 Å². The lowest BCUT2D eigenvalue weighted by molar-refractivity contribution is -0.135. The minimum Gasteiger partial charge on any atom is -0.493 e. The average molecular weight is 418 g/mol. The number of halogens is 1. The van der Waals surface area contributed by atoms with Crippen LogP contribution in [0.15, 0.2) is 46.9 Å². The molecule has 0 radical (unpaired) electrons. The highest BCUT2D eigenvalue weighted by Gasteiger charge is 2.26. The second kappa shape index (κ2) is 8.58. The highest BCUT2D eigenvalue weighted by Crippen LogP contribution is 2.35. The van der Waals surface area contributed by atoms with E-state index in [0.717, 1.165) is 29.6 Å². The molecule has 1 fully saturated rings. The number of carbonyl (C=O) groups is 1. The molecule has 2 aromatic rings. The fourth-order valence-corrected chi connectivity index (χ4v) is 3.96. The van der Waals surface area contributed by atoms with Gasteiger partial charge in [-0.25, -0.2) is 0 Å². The number of piperidine rings is 1. The van der Waals surface area contributed by atoms with Gasteiger partial charge in [-0.05, 0) is 42.0 Å². The maximum absolute atomic E-state index is 12.3. The molecule has 0 aliphatic carbocycles. The number of ether oxygens (including phenoxy) is 2. The Kier molecular flexibility index (Phi) is 6.20. The summed E-state index contributed by atoms with van der Waals surface area (Å²) in [6.45, 7) is 1.47. The molecule has 0 aromatic heterocycles. The van der Waals surface area contributed by atoms with Gasteiger partial charge in [0, 0.05) is 24.0 Å². The first-order valence-electron chi connectivity index (χ1n) is 8.82. The second-order valence-corrected chi connectivity index (χ2v) is 7.52. The molecule has 138 valence electrons. The number of rotatable bonds is 6. The molecule has 3 rings (SSSR count). The van der Waals surface area contributed by atoms with Crippen LogP contribution in [0.3, 0.4) is 0 Å². The van der Waals surface area contributed by atoms with Crippen molar-refractivity contribution in [3.05, 3.63) is 58.1 Å². The predicted molar refractivity (Wildman–Crippen MR) is 106 cm³/mol. The summed E-state index contributed by atoms with van der Waals surface area (Å²) < 4.78 is 11.8. The van der Waals surface area contributed by atoms with Crippen molar-refractivity contribution in [2.75, 3.05) is 20.8 Å². The maximum Gasteiger partial charge on any atom is 0.222 e. The zero-order valence-corrected chi connectivity index (χ0v) is 16.8. The molecule has 2 aromatic carbocycles. The van der Waals surface area contributed by atoms with Crippen LogP contribution in [0.1, 0.15) is 24.0 Å². The molecule has 0 spiro atoms. The van der Waals surface area contributed by atoms with E-state index in [4.69, 9.17) is 9.47 Å². The largest absolute Gasteiger partial charge is 0.493 e. The monoisotopic (exact) mass is 417 g/mol. The Morgan fingerprint density at radius 3 is 2.50 bits per heavy atom. The number of carbonyl (C=O) groups excluding carboxylic acids is 1. The minimum absolute atomic E-state index is 0.247. The van der Waals surface area contributed by atoms with Gasteiger partial charge in [-0.15, -0.1) is 0 Å². The van der Waals surface area contributed by atoms with Gasteiger partial charge in [-0.3, -0.25) is 4.79 Å². The van der Waals surface area contributed by atoms with E-state index >= 15 is 0 Å². The third-order valence-corrected chi connectivity index (χ3v) is 5.61. The number of benzene rings is 2. The number of likely N-dealkylation sites (tertiary alicyclic amines) is 1. The van der Waals surface area contributed by atoms with Crippen LogP contribution in [-0.4, -0.2) is 31.6 Å². The molecule has 1 aliphatic rings. The lowest BCUT2D eigenvalue weighted by Crippen LogP contribution is -2.40. The zero-order chi connectivity index (χ0) is 18.5. The molecule has 0 N–H and O–H groups in total. The quantitative estimate of drug-likeness (QED) is 0.696. The fraction of sp³-hybridized carbons (Fsp3) is 0.381. The van der Waals surface area contributed by atoms with Crippen molar-refractivity contribution in [1.29, 1.82) is 0 Å². The normalized spacial score (nSPS) is 17.3. The van der Waals surface area contributed by atoms with Gasteiger partial charge in [0.25, 0.3) is 0 Å². The molecule has 1 unspecified atom stereocenters. The Balaban J connectivity index is 1.71. The van der Waals surface area contributed by atoms with Crippen molar-refractivity contribution in [2.45, 2.75) is 25.8 Å². The zero-order valence-electron chi connectivity index (χ0n) is 15.2. The van der Waals surface area contributed by atoms with Gasteiger partial charge in [0.2, 0.25) is 5.91 Å². The van der Waals surface area contributed by atoms with Crippen LogP contribution in [0.25, 0.3) is 0 Å². The molecule has 26 heavy (non-hydrogen) atoms. The van der Waals surface area contributed by atoms with Gasteiger partial charge < -0.3 is 14.4 Å². The van der Waals surface area contributed by atoms with Crippen molar-refractivity contribution >= 4 is 21.8 Å². The number of hydrogen-bond acceptors (Lipinski definition) is 3. The summed E-state index contributed by atoms with van der Waals surface area (Å²) in [5.74, 6) is 2.13. The Morgan fingerprint density at radius 1 is 1.12 bits per heavy atom. The Hall–Kier alpha value is -2.01. The van der Waals surface area contributed by atoms with Crippen molar-refractivity contribution < 1.29 is 14.3 Å². The standard InChI is InChI=1S/C21H24BrNO3/c1-25-19-11-17(18(22)12-20(19)26-2)10-16-8-9-21(24)23(14-16)13-15-6-4-3-5-7-15/h3-7,11-12,16H,8-10,13-14H2,1-2H3. The van der Waals surface area contributed by atoms with E-state index < -0.39 is 0 Å². The highest BCUT2D eigenvalue weighted by molar-refractivity contribution is 9.10. The van der Waals surface area contributed by atoms with Gasteiger partial charge in [0.05, 0.1) is 14.2 Å². The maximum atomic E-state index is 12.3. The SMILES string of the molecule is COc1cc(Br)c(CC2CCC(=O)N(Cc3ccccc3)C2)cc1OC. The molecule has 1 aliphatic heterocycles. The number of amides is 1. The molecule has 0 saturated carbocycles. The van der Waals surface area contributed by atoms with Crippen molar-refractivity contribution in [3.8, 4) is 11.5 Å². The van der Waals surface area contributed by atoms with Crippen LogP contribution in [0.4, 0.5) is 0 Å². The third-order valence-electron chi connectivity index (χ3n) is 4.88. The van der Waals surface area contributed by atoms with Crippen molar-refractivity contribution in [2.24, 2.45) is 5.92 Å². The summed E-state index contributed by atoms with van der Waals surface area (Å²) in [5, 5.41) is 0. The molecule has 1 heterocycles. The first-order chi connectivity index (χ1) is 12.6. The van der Waals surface area contributed by atoms with E-state index in [9.17, 15) is 4.79 Å². The van der Waals surface area contributed by atoms with Gasteiger partial charge in [-0.1, -0.05) is 46.3 Å². The molecule has 0 bridgehead atoms. The molecule has 1 amide bonds. The second-order valence-electron chi connectivity index (χ2n) is 6.67. The summed E-state index contributed by atoms with van der Waals surface area (Å²) >= 11 is 3.64. The van der Waals surface area contributed by atoms with Crippen LogP contribution in [0.5, 0.6) is 11.5 Å². The first-order valence-corrected chi connectivity index (χ1v) is 9.62. The van der Waals surface area contributed by atoms with Gasteiger partial charge in [-0.2, -0.15) is 0 Å². The Morgan fingerprint density at radius 2 is 1.81 bits per heavy atom. The van der Waals surface area contributed by atoms with E-state index in [1.165, 1.54) is 11.1 Å². The number of nitrogens with zero attached hydrogens (tertiary/aromatic N) is 1. The van der Waals surface area contributed by atoms with Gasteiger partial charge in [0.15, 0.2) is 11.5 Å². The van der Waals surface area contributed by atoms with Crippen LogP contribution < -0.4 is 9.47 Å². The fourth-order valence-electron chi connectivity index (χ4n) is 3.48. The first kappa shape index (κ1) is 18.8. The predicted octanol–water partition coefficient (Wildman–Crippen LogP) is 4.45. The van der Waals surface area contributed by atoms with E-state index in [2.05, 4.69) is 28.1 Å². The lowest BCUT2D eigenvalue weighted by Gasteiger charge is -2.33. The topological polar surface area (TPSA) is 38.8 Å². The van der Waals surface area contributed by atoms with Crippen LogP contribution >= 0.6 is 15.9 Å². The summed E-state index contributed by atoms with van der Waals surface area (Å²) in [7, 11) is 3.29. The van der Waals surface area contributed by atoms with Gasteiger partial charge in [0.1, 0.15) is 0 Å². The summed E-state index contributed by atoms with van der Waals surface area (Å²) in [6.07, 6.45) is 2.44. The Bertz CT molecular complexity index is 763. The molecule has 5 heteroatoms. The third kappa shape index (κ3) is 4.39.